The summed E-state index contributed by atoms with van der Waals surface area (Å²) in [4.78, 5) is 16.3. The Morgan fingerprint density at radius 2 is 2.28 bits per heavy atom. The molecule has 2 aromatic heterocycles. The first-order valence-electron chi connectivity index (χ1n) is 7.15. The Kier molecular flexibility index (Phi) is 4.50. The molecule has 0 unspecified atom stereocenters. The fraction of sp³-hybridized carbons (Fsp3) is 0.357. The van der Waals surface area contributed by atoms with Crippen molar-refractivity contribution in [3.05, 3.63) is 35.4 Å². The number of aromatic nitrogens is 3. The first kappa shape index (κ1) is 17.4. The van der Waals surface area contributed by atoms with Crippen molar-refractivity contribution >= 4 is 23.7 Å². The number of furan rings is 1. The number of hydrogen-bond acceptors (Lipinski definition) is 7. The number of alkyl halides is 3. The molecule has 11 heteroatoms. The summed E-state index contributed by atoms with van der Waals surface area (Å²) in [6, 6.07) is 0.298. The van der Waals surface area contributed by atoms with E-state index in [2.05, 4.69) is 15.4 Å². The van der Waals surface area contributed by atoms with Crippen molar-refractivity contribution in [1.82, 2.24) is 14.8 Å². The lowest BCUT2D eigenvalue weighted by molar-refractivity contribution is -0.140. The molecule has 0 fully saturated rings. The van der Waals surface area contributed by atoms with Gasteiger partial charge in [-0.2, -0.15) is 18.2 Å². The third kappa shape index (κ3) is 3.11. The predicted octanol–water partition coefficient (Wildman–Crippen LogP) is 2.99. The minimum Gasteiger partial charge on any atom is -0.472 e. The molecule has 2 aromatic rings. The predicted molar refractivity (Wildman–Crippen MR) is 82.0 cm³/mol. The number of nitrogens with zero attached hydrogens (tertiary/aromatic N) is 3. The molecule has 1 N–H and O–H groups in total. The fourth-order valence-electron chi connectivity index (χ4n) is 2.48. The number of carbonyl (C=O) groups is 1. The maximum Gasteiger partial charge on any atom is 0.431 e. The second-order valence-corrected chi connectivity index (χ2v) is 5.73. The van der Waals surface area contributed by atoms with Gasteiger partial charge in [0.05, 0.1) is 24.7 Å². The minimum absolute atomic E-state index is 0.0636. The Morgan fingerprint density at radius 3 is 2.84 bits per heavy atom. The average molecular weight is 374 g/mol. The van der Waals surface area contributed by atoms with Crippen LogP contribution in [-0.2, 0) is 9.53 Å². The van der Waals surface area contributed by atoms with E-state index in [0.29, 0.717) is 5.56 Å². The van der Waals surface area contributed by atoms with Crippen LogP contribution in [0.1, 0.15) is 18.5 Å². The molecule has 1 aliphatic heterocycles. The molecule has 134 valence electrons. The van der Waals surface area contributed by atoms with E-state index in [4.69, 9.17) is 9.15 Å². The molecule has 0 bridgehead atoms. The summed E-state index contributed by atoms with van der Waals surface area (Å²) in [6.45, 7) is 1.45. The molecule has 7 nitrogen and oxygen atoms in total. The van der Waals surface area contributed by atoms with Gasteiger partial charge in [-0.25, -0.2) is 9.48 Å². The second-order valence-electron chi connectivity index (χ2n) is 4.96. The number of hydrogen-bond donors (Lipinski definition) is 1. The average Bonchev–Trinajstić information content (AvgIpc) is 3.21. The van der Waals surface area contributed by atoms with Crippen LogP contribution in [-0.4, -0.2) is 39.8 Å². The molecule has 3 heterocycles. The Morgan fingerprint density at radius 1 is 1.52 bits per heavy atom. The highest BCUT2D eigenvalue weighted by atomic mass is 32.2. The summed E-state index contributed by atoms with van der Waals surface area (Å²) in [5, 5.41) is 6.61. The lowest BCUT2D eigenvalue weighted by Gasteiger charge is -2.29. The van der Waals surface area contributed by atoms with E-state index in [1.807, 2.05) is 0 Å². The van der Waals surface area contributed by atoms with E-state index < -0.39 is 29.5 Å². The standard InChI is InChI=1S/C14H13F3N4O3S/c1-3-24-11(22)8-9(7-4-5-23-6-7)21-12(19-13(20-21)25-2)18-10(8)14(15,16)17/h4-6,9H,3H2,1-2H3,(H,18,19,20)/t9-/m1/s1. The second kappa shape index (κ2) is 6.47. The zero-order chi connectivity index (χ0) is 18.2. The van der Waals surface area contributed by atoms with Crippen LogP contribution in [0.3, 0.4) is 0 Å². The molecule has 3 rings (SSSR count). The van der Waals surface area contributed by atoms with Gasteiger partial charge in [0.15, 0.2) is 0 Å². The van der Waals surface area contributed by atoms with Gasteiger partial charge in [-0.1, -0.05) is 11.8 Å². The maximum absolute atomic E-state index is 13.6. The maximum atomic E-state index is 13.6. The van der Waals surface area contributed by atoms with E-state index in [1.54, 1.807) is 6.26 Å². The number of allylic oxidation sites excluding steroid dienone is 1. The summed E-state index contributed by atoms with van der Waals surface area (Å²) in [6.07, 6.45) is -0.549. The quantitative estimate of drug-likeness (QED) is 0.651. The van der Waals surface area contributed by atoms with Gasteiger partial charge in [-0.15, -0.1) is 5.10 Å². The highest BCUT2D eigenvalue weighted by Gasteiger charge is 2.47. The smallest absolute Gasteiger partial charge is 0.431 e. The number of thioether (sulfide) groups is 1. The number of carbonyl (C=O) groups excluding carboxylic acids is 1. The van der Waals surface area contributed by atoms with Crippen molar-refractivity contribution in [3.8, 4) is 0 Å². The number of halogens is 3. The van der Waals surface area contributed by atoms with Crippen LogP contribution in [0.5, 0.6) is 0 Å². The molecule has 0 spiro atoms. The van der Waals surface area contributed by atoms with E-state index in [-0.39, 0.29) is 17.7 Å². The number of esters is 1. The first-order valence-corrected chi connectivity index (χ1v) is 8.37. The topological polar surface area (TPSA) is 82.2 Å². The molecule has 0 saturated heterocycles. The van der Waals surface area contributed by atoms with Gasteiger partial charge in [0.2, 0.25) is 11.1 Å². The zero-order valence-corrected chi connectivity index (χ0v) is 13.9. The summed E-state index contributed by atoms with van der Waals surface area (Å²) >= 11 is 1.17. The van der Waals surface area contributed by atoms with Crippen molar-refractivity contribution in [1.29, 1.82) is 0 Å². The molecule has 25 heavy (non-hydrogen) atoms. The zero-order valence-electron chi connectivity index (χ0n) is 13.1. The highest BCUT2D eigenvalue weighted by Crippen LogP contribution is 2.41. The summed E-state index contributed by atoms with van der Waals surface area (Å²) < 4.78 is 51.8. The van der Waals surface area contributed by atoms with Gasteiger partial charge < -0.3 is 14.5 Å². The molecule has 0 saturated carbocycles. The van der Waals surface area contributed by atoms with Gasteiger partial charge in [0.1, 0.15) is 11.7 Å². The monoisotopic (exact) mass is 374 g/mol. The Hall–Kier alpha value is -2.43. The summed E-state index contributed by atoms with van der Waals surface area (Å²) in [5.41, 5.74) is -1.49. The van der Waals surface area contributed by atoms with Crippen molar-refractivity contribution in [2.24, 2.45) is 0 Å². The van der Waals surface area contributed by atoms with Crippen LogP contribution in [0.2, 0.25) is 0 Å². The van der Waals surface area contributed by atoms with Crippen molar-refractivity contribution < 1.29 is 27.1 Å². The normalized spacial score (nSPS) is 17.2. The minimum atomic E-state index is -4.80. The number of anilines is 1. The van der Waals surface area contributed by atoms with E-state index in [9.17, 15) is 18.0 Å². The van der Waals surface area contributed by atoms with Gasteiger partial charge in [0.25, 0.3) is 0 Å². The van der Waals surface area contributed by atoms with Gasteiger partial charge in [-0.3, -0.25) is 0 Å². The van der Waals surface area contributed by atoms with Crippen LogP contribution in [0, 0.1) is 0 Å². The number of fused-ring (bicyclic) bond motifs is 1. The van der Waals surface area contributed by atoms with Crippen LogP contribution in [0.15, 0.2) is 39.4 Å². The largest absolute Gasteiger partial charge is 0.472 e. The molecule has 1 aliphatic rings. The van der Waals surface area contributed by atoms with E-state index >= 15 is 0 Å². The van der Waals surface area contributed by atoms with Crippen LogP contribution in [0.25, 0.3) is 0 Å². The molecule has 0 aliphatic carbocycles. The first-order chi connectivity index (χ1) is 11.9. The number of rotatable bonds is 4. The SMILES string of the molecule is CCOC(=O)C1=C(C(F)(F)F)Nc2nc(SC)nn2[C@@H]1c1ccoc1. The molecule has 0 amide bonds. The summed E-state index contributed by atoms with van der Waals surface area (Å²) in [5.74, 6) is -1.20. The van der Waals surface area contributed by atoms with Crippen molar-refractivity contribution in [3.63, 3.8) is 0 Å². The Labute approximate surface area is 144 Å². The fourth-order valence-corrected chi connectivity index (χ4v) is 2.83. The number of ether oxygens (including phenoxy) is 1. The van der Waals surface area contributed by atoms with Crippen LogP contribution < -0.4 is 5.32 Å². The van der Waals surface area contributed by atoms with Gasteiger partial charge in [0, 0.05) is 5.56 Å². The van der Waals surface area contributed by atoms with Crippen LogP contribution >= 0.6 is 11.8 Å². The van der Waals surface area contributed by atoms with Crippen LogP contribution in [0.4, 0.5) is 19.1 Å². The lowest BCUT2D eigenvalue weighted by atomic mass is 9.97. The molecular formula is C14H13F3N4O3S. The third-order valence-electron chi connectivity index (χ3n) is 3.46. The number of nitrogens with one attached hydrogen (secondary N) is 1. The van der Waals surface area contributed by atoms with E-state index in [1.165, 1.54) is 42.0 Å². The lowest BCUT2D eigenvalue weighted by Crippen LogP contribution is -2.35. The molecule has 0 aromatic carbocycles. The molecular weight excluding hydrogens is 361 g/mol. The molecule has 1 atom stereocenters. The molecule has 0 radical (unpaired) electrons. The third-order valence-corrected chi connectivity index (χ3v) is 3.99. The van der Waals surface area contributed by atoms with Gasteiger partial charge >= 0.3 is 12.1 Å². The Bertz CT molecular complexity index is 814. The van der Waals surface area contributed by atoms with Gasteiger partial charge in [-0.05, 0) is 19.2 Å². The van der Waals surface area contributed by atoms with Crippen molar-refractivity contribution in [2.75, 3.05) is 18.2 Å². The highest BCUT2D eigenvalue weighted by molar-refractivity contribution is 7.98. The van der Waals surface area contributed by atoms with E-state index in [0.717, 1.165) is 0 Å². The summed E-state index contributed by atoms with van der Waals surface area (Å²) in [7, 11) is 0. The van der Waals surface area contributed by atoms with Crippen molar-refractivity contribution in [2.45, 2.75) is 24.3 Å². The Balaban J connectivity index is 2.24.